The molecule has 0 saturated heterocycles. The molecule has 9 aromatic carbocycles. The van der Waals surface area contributed by atoms with Crippen molar-refractivity contribution in [2.24, 2.45) is 10.2 Å². The van der Waals surface area contributed by atoms with Crippen molar-refractivity contribution >= 4 is 62.3 Å². The summed E-state index contributed by atoms with van der Waals surface area (Å²) < 4.78 is 61.6. The van der Waals surface area contributed by atoms with Gasteiger partial charge in [0.2, 0.25) is 0 Å². The fraction of sp³-hybridized carbons (Fsp3) is 0.172. The summed E-state index contributed by atoms with van der Waals surface area (Å²) >= 11 is 6.82. The zero-order valence-electron chi connectivity index (χ0n) is 40.7. The minimum atomic E-state index is -1.15. The third-order valence-electron chi connectivity index (χ3n) is 13.3. The van der Waals surface area contributed by atoms with E-state index in [9.17, 15) is 4.79 Å². The number of carbonyl (C=O) groups excluding carboxylic acids is 1. The van der Waals surface area contributed by atoms with Gasteiger partial charge < -0.3 is 9.47 Å². The first kappa shape index (κ1) is 50.1. The highest BCUT2D eigenvalue weighted by Crippen LogP contribution is 2.40. The van der Waals surface area contributed by atoms with E-state index in [4.69, 9.17) is 21.1 Å². The van der Waals surface area contributed by atoms with Gasteiger partial charge >= 0.3 is 5.97 Å². The molecule has 5 nitrogen and oxygen atoms in total. The first-order valence-electron chi connectivity index (χ1n) is 24.8. The molecular formula is C64H54ClF3N2O3. The highest BCUT2D eigenvalue weighted by molar-refractivity contribution is 6.33. The van der Waals surface area contributed by atoms with Gasteiger partial charge in [0.15, 0.2) is 11.6 Å². The number of hydrogen-bond acceptors (Lipinski definition) is 5. The molecule has 0 atom stereocenters. The fourth-order valence-electron chi connectivity index (χ4n) is 9.33. The molecule has 0 unspecified atom stereocenters. The molecule has 0 N–H and O–H groups in total. The van der Waals surface area contributed by atoms with Crippen LogP contribution in [0.25, 0.3) is 76.8 Å². The second-order valence-corrected chi connectivity index (χ2v) is 18.5. The number of esters is 1. The van der Waals surface area contributed by atoms with E-state index in [2.05, 4.69) is 54.0 Å². The Balaban J connectivity index is 1.01. The summed E-state index contributed by atoms with van der Waals surface area (Å²) in [5.41, 5.74) is 4.94. The standard InChI is InChI=1S/C64H54ClF3N2O3/c1-3-5-8-15-42-20-22-43(23-21-42)46-27-29-55(60(65)39-46)57-33-32-56(63(67)64(57)68)54-31-30-53(49-25-24-45-38-50(28-26-44(45)36-49)72-34-13-6-7-14-35-73-61(71)4-2)62(66)59(54)41-70-69-40-58-51-18-11-9-16-47(51)37-48-17-10-12-19-52(48)58/h4,9-12,16-33,36-41H,2-3,5-8,13-15,34-35H2,1H3/b69-40+,70-41+. The lowest BCUT2D eigenvalue weighted by atomic mass is 9.91. The van der Waals surface area contributed by atoms with E-state index in [0.717, 1.165) is 100 Å². The smallest absolute Gasteiger partial charge is 0.330 e. The Labute approximate surface area is 429 Å². The molecule has 0 aliphatic rings. The van der Waals surface area contributed by atoms with Crippen molar-refractivity contribution in [2.45, 2.75) is 58.3 Å². The van der Waals surface area contributed by atoms with Crippen molar-refractivity contribution in [3.05, 3.63) is 210 Å². The van der Waals surface area contributed by atoms with E-state index < -0.39 is 23.4 Å². The summed E-state index contributed by atoms with van der Waals surface area (Å²) in [4.78, 5) is 11.2. The maximum absolute atomic E-state index is 17.3. The number of benzene rings is 9. The largest absolute Gasteiger partial charge is 0.494 e. The van der Waals surface area contributed by atoms with Crippen LogP contribution >= 0.6 is 11.6 Å². The fourth-order valence-corrected chi connectivity index (χ4v) is 9.61. The molecule has 0 heterocycles. The summed E-state index contributed by atoms with van der Waals surface area (Å²) in [5, 5.41) is 14.8. The summed E-state index contributed by atoms with van der Waals surface area (Å²) in [6, 6.07) is 49.2. The highest BCUT2D eigenvalue weighted by Gasteiger charge is 2.23. The SMILES string of the molecule is C=CC(=O)OCCCCCCOc1ccc2cc(-c3ccc(-c4ccc(-c5ccc(-c6ccc(CCCCC)cc6)cc5Cl)c(F)c4F)c(/C=N/N=C/c4c5ccccc5cc5ccccc45)c3F)ccc2c1. The van der Waals surface area contributed by atoms with Crippen LogP contribution in [0.5, 0.6) is 5.75 Å². The topological polar surface area (TPSA) is 60.2 Å². The average molecular weight is 992 g/mol. The Hall–Kier alpha value is -7.81. The van der Waals surface area contributed by atoms with Gasteiger partial charge in [-0.2, -0.15) is 10.2 Å². The number of halogens is 4. The highest BCUT2D eigenvalue weighted by atomic mass is 35.5. The number of fused-ring (bicyclic) bond motifs is 3. The van der Waals surface area contributed by atoms with Crippen LogP contribution in [0, 0.1) is 17.5 Å². The van der Waals surface area contributed by atoms with E-state index in [1.807, 2.05) is 91.0 Å². The van der Waals surface area contributed by atoms with Gasteiger partial charge in [-0.05, 0) is 129 Å². The molecule has 0 amide bonds. The first-order valence-corrected chi connectivity index (χ1v) is 25.2. The van der Waals surface area contributed by atoms with E-state index in [0.29, 0.717) is 30.1 Å². The quantitative estimate of drug-likeness (QED) is 0.0191. The molecule has 0 aromatic heterocycles. The van der Waals surface area contributed by atoms with Crippen molar-refractivity contribution in [1.82, 2.24) is 0 Å². The van der Waals surface area contributed by atoms with Crippen LogP contribution < -0.4 is 4.74 Å². The van der Waals surface area contributed by atoms with Gasteiger partial charge in [0.25, 0.3) is 0 Å². The lowest BCUT2D eigenvalue weighted by Crippen LogP contribution is -2.02. The monoisotopic (exact) mass is 990 g/mol. The third-order valence-corrected chi connectivity index (χ3v) is 13.6. The normalized spacial score (nSPS) is 11.6. The second kappa shape index (κ2) is 23.6. The summed E-state index contributed by atoms with van der Waals surface area (Å²) in [5.74, 6) is -2.65. The van der Waals surface area contributed by atoms with Crippen LogP contribution in [0.2, 0.25) is 5.02 Å². The molecule has 0 aliphatic carbocycles. The van der Waals surface area contributed by atoms with Crippen LogP contribution in [0.4, 0.5) is 13.2 Å². The molecule has 366 valence electrons. The Kier molecular flexibility index (Phi) is 16.2. The van der Waals surface area contributed by atoms with Crippen LogP contribution in [0.3, 0.4) is 0 Å². The predicted octanol–water partition coefficient (Wildman–Crippen LogP) is 17.7. The molecule has 0 saturated carbocycles. The van der Waals surface area contributed by atoms with Crippen LogP contribution in [-0.2, 0) is 16.0 Å². The Morgan fingerprint density at radius 3 is 1.82 bits per heavy atom. The van der Waals surface area contributed by atoms with Crippen LogP contribution in [0.15, 0.2) is 181 Å². The molecule has 0 aliphatic heterocycles. The molecular weight excluding hydrogens is 937 g/mol. The summed E-state index contributed by atoms with van der Waals surface area (Å²) in [7, 11) is 0. The molecule has 9 aromatic rings. The third kappa shape index (κ3) is 11.6. The van der Waals surface area contributed by atoms with E-state index in [-0.39, 0.29) is 32.8 Å². The average Bonchev–Trinajstić information content (AvgIpc) is 3.41. The van der Waals surface area contributed by atoms with Gasteiger partial charge in [-0.1, -0.05) is 165 Å². The van der Waals surface area contributed by atoms with E-state index in [1.54, 1.807) is 30.5 Å². The summed E-state index contributed by atoms with van der Waals surface area (Å²) in [6.45, 7) is 6.50. The zero-order valence-corrected chi connectivity index (χ0v) is 41.4. The Morgan fingerprint density at radius 1 is 0.534 bits per heavy atom. The minimum absolute atomic E-state index is 0.0197. The van der Waals surface area contributed by atoms with Crippen LogP contribution in [0.1, 0.15) is 68.6 Å². The second-order valence-electron chi connectivity index (χ2n) is 18.1. The number of unbranched alkanes of at least 4 members (excludes halogenated alkanes) is 5. The number of carbonyl (C=O) groups is 1. The van der Waals surface area contributed by atoms with E-state index in [1.165, 1.54) is 30.3 Å². The Morgan fingerprint density at radius 2 is 1.12 bits per heavy atom. The Bertz CT molecular complexity index is 3480. The van der Waals surface area contributed by atoms with Gasteiger partial charge in [0.05, 0.1) is 25.6 Å². The number of ether oxygens (including phenoxy) is 2. The van der Waals surface area contributed by atoms with Crippen molar-refractivity contribution in [3.8, 4) is 50.3 Å². The molecule has 0 spiro atoms. The lowest BCUT2D eigenvalue weighted by Gasteiger charge is -2.15. The first-order chi connectivity index (χ1) is 35.7. The number of nitrogens with zero attached hydrogens (tertiary/aromatic N) is 2. The zero-order chi connectivity index (χ0) is 50.7. The van der Waals surface area contributed by atoms with Gasteiger partial charge in [0, 0.05) is 44.5 Å². The van der Waals surface area contributed by atoms with Crippen molar-refractivity contribution in [1.29, 1.82) is 0 Å². The maximum Gasteiger partial charge on any atom is 0.330 e. The lowest BCUT2D eigenvalue weighted by molar-refractivity contribution is -0.137. The minimum Gasteiger partial charge on any atom is -0.494 e. The van der Waals surface area contributed by atoms with Gasteiger partial charge in [-0.15, -0.1) is 0 Å². The van der Waals surface area contributed by atoms with Crippen molar-refractivity contribution < 1.29 is 27.4 Å². The van der Waals surface area contributed by atoms with Crippen molar-refractivity contribution in [3.63, 3.8) is 0 Å². The molecule has 0 radical (unpaired) electrons. The number of hydrogen-bond donors (Lipinski definition) is 0. The summed E-state index contributed by atoms with van der Waals surface area (Å²) in [6.07, 6.45) is 12.0. The predicted molar refractivity (Wildman–Crippen MR) is 296 cm³/mol. The number of rotatable bonds is 20. The molecule has 73 heavy (non-hydrogen) atoms. The molecule has 0 fully saturated rings. The molecule has 9 rings (SSSR count). The van der Waals surface area contributed by atoms with Crippen molar-refractivity contribution in [2.75, 3.05) is 13.2 Å². The molecule has 9 heteroatoms. The van der Waals surface area contributed by atoms with Gasteiger partial charge in [-0.3, -0.25) is 0 Å². The van der Waals surface area contributed by atoms with Gasteiger partial charge in [0.1, 0.15) is 11.6 Å². The molecule has 0 bridgehead atoms. The van der Waals surface area contributed by atoms with Crippen LogP contribution in [-0.4, -0.2) is 31.6 Å². The van der Waals surface area contributed by atoms with Gasteiger partial charge in [-0.25, -0.2) is 18.0 Å². The maximum atomic E-state index is 17.3. The van der Waals surface area contributed by atoms with E-state index >= 15 is 13.2 Å². The number of aryl methyl sites for hydroxylation is 1.